The Morgan fingerprint density at radius 1 is 1.15 bits per heavy atom. The molecule has 0 aromatic heterocycles. The molecule has 2 rings (SSSR count). The van der Waals surface area contributed by atoms with Crippen LogP contribution in [0.25, 0.3) is 0 Å². The van der Waals surface area contributed by atoms with Gasteiger partial charge < -0.3 is 9.84 Å². The van der Waals surface area contributed by atoms with E-state index in [1.165, 1.54) is 0 Å². The third-order valence-electron chi connectivity index (χ3n) is 2.99. The van der Waals surface area contributed by atoms with Gasteiger partial charge in [0.1, 0.15) is 5.75 Å². The van der Waals surface area contributed by atoms with Gasteiger partial charge in [0.05, 0.1) is 18.2 Å². The molecular formula is C15H13Br2ClO2. The molecule has 5 heteroatoms. The second-order valence-corrected chi connectivity index (χ2v) is 6.47. The molecule has 2 aromatic carbocycles. The van der Waals surface area contributed by atoms with Crippen molar-refractivity contribution in [1.29, 1.82) is 0 Å². The smallest absolute Gasteiger partial charge is 0.119 e. The number of hydrogen-bond donors (Lipinski definition) is 1. The van der Waals surface area contributed by atoms with Crippen LogP contribution in [0, 0.1) is 0 Å². The van der Waals surface area contributed by atoms with E-state index in [0.717, 1.165) is 25.8 Å². The Kier molecular flexibility index (Phi) is 5.49. The lowest BCUT2D eigenvalue weighted by Crippen LogP contribution is -2.03. The first-order valence-electron chi connectivity index (χ1n) is 5.96. The van der Waals surface area contributed by atoms with Gasteiger partial charge in [-0.1, -0.05) is 33.6 Å². The second kappa shape index (κ2) is 6.94. The third-order valence-corrected chi connectivity index (χ3v) is 5.00. The highest BCUT2D eigenvalue weighted by atomic mass is 79.9. The number of methoxy groups -OCH3 is 1. The predicted molar refractivity (Wildman–Crippen MR) is 88.5 cm³/mol. The minimum Gasteiger partial charge on any atom is -0.497 e. The summed E-state index contributed by atoms with van der Waals surface area (Å²) in [6, 6.07) is 11.2. The maximum absolute atomic E-state index is 10.3. The van der Waals surface area contributed by atoms with Gasteiger partial charge in [-0.25, -0.2) is 0 Å². The predicted octanol–water partition coefficient (Wildman–Crippen LogP) is 5.15. The zero-order chi connectivity index (χ0) is 14.7. The largest absolute Gasteiger partial charge is 0.497 e. The summed E-state index contributed by atoms with van der Waals surface area (Å²) < 4.78 is 6.96. The van der Waals surface area contributed by atoms with Crippen LogP contribution >= 0.6 is 43.5 Å². The van der Waals surface area contributed by atoms with Crippen LogP contribution in [0.2, 0.25) is 5.02 Å². The molecule has 20 heavy (non-hydrogen) atoms. The van der Waals surface area contributed by atoms with E-state index in [0.29, 0.717) is 11.4 Å². The highest BCUT2D eigenvalue weighted by molar-refractivity contribution is 9.10. The lowest BCUT2D eigenvalue weighted by atomic mass is 10.0. The topological polar surface area (TPSA) is 29.5 Å². The number of aliphatic hydroxyl groups excluding tert-OH is 1. The van der Waals surface area contributed by atoms with Crippen molar-refractivity contribution in [2.45, 2.75) is 12.5 Å². The van der Waals surface area contributed by atoms with Crippen molar-refractivity contribution in [1.82, 2.24) is 0 Å². The van der Waals surface area contributed by atoms with Crippen molar-refractivity contribution in [3.05, 3.63) is 61.5 Å². The Morgan fingerprint density at radius 2 is 1.85 bits per heavy atom. The van der Waals surface area contributed by atoms with E-state index < -0.39 is 6.10 Å². The summed E-state index contributed by atoms with van der Waals surface area (Å²) in [6.45, 7) is 0. The Morgan fingerprint density at radius 3 is 2.50 bits per heavy atom. The number of ether oxygens (including phenoxy) is 1. The zero-order valence-electron chi connectivity index (χ0n) is 10.7. The van der Waals surface area contributed by atoms with Crippen LogP contribution in [0.4, 0.5) is 0 Å². The summed E-state index contributed by atoms with van der Waals surface area (Å²) in [5, 5.41) is 10.9. The first kappa shape index (κ1) is 15.8. The molecule has 0 aliphatic carbocycles. The third kappa shape index (κ3) is 3.76. The Hall–Kier alpha value is -0.550. The number of hydrogen-bond acceptors (Lipinski definition) is 2. The fourth-order valence-corrected chi connectivity index (χ4v) is 2.72. The summed E-state index contributed by atoms with van der Waals surface area (Å²) in [4.78, 5) is 0. The molecule has 106 valence electrons. The minimum atomic E-state index is -0.621. The molecule has 1 N–H and O–H groups in total. The molecule has 2 nitrogen and oxygen atoms in total. The zero-order valence-corrected chi connectivity index (χ0v) is 14.7. The van der Waals surface area contributed by atoms with Crippen LogP contribution in [0.1, 0.15) is 17.2 Å². The van der Waals surface area contributed by atoms with E-state index in [9.17, 15) is 5.11 Å². The van der Waals surface area contributed by atoms with Gasteiger partial charge >= 0.3 is 0 Å². The molecule has 1 unspecified atom stereocenters. The molecule has 1 atom stereocenters. The quantitative estimate of drug-likeness (QED) is 0.741. The lowest BCUT2D eigenvalue weighted by Gasteiger charge is -2.14. The standard InChI is InChI=1S/C15H13Br2ClO2/c1-20-11-3-5-12(16)10(6-11)8-15(19)9-2-4-13(17)14(18)7-9/h2-7,15,19H,8H2,1H3. The summed E-state index contributed by atoms with van der Waals surface area (Å²) in [7, 11) is 1.62. The number of halogens is 3. The van der Waals surface area contributed by atoms with E-state index in [2.05, 4.69) is 31.9 Å². The van der Waals surface area contributed by atoms with Gasteiger partial charge in [-0.15, -0.1) is 0 Å². The van der Waals surface area contributed by atoms with E-state index in [-0.39, 0.29) is 0 Å². The monoisotopic (exact) mass is 418 g/mol. The summed E-state index contributed by atoms with van der Waals surface area (Å²) in [5.41, 5.74) is 1.77. The molecule has 2 aromatic rings. The molecule has 0 bridgehead atoms. The average molecular weight is 421 g/mol. The molecule has 0 aliphatic rings. The van der Waals surface area contributed by atoms with Crippen LogP contribution in [-0.2, 0) is 6.42 Å². The molecule has 0 heterocycles. The van der Waals surface area contributed by atoms with Gasteiger partial charge in [0.25, 0.3) is 0 Å². The molecule has 0 saturated heterocycles. The van der Waals surface area contributed by atoms with Crippen LogP contribution < -0.4 is 4.74 Å². The minimum absolute atomic E-state index is 0.482. The van der Waals surface area contributed by atoms with Crippen LogP contribution in [0.3, 0.4) is 0 Å². The van der Waals surface area contributed by atoms with E-state index in [4.69, 9.17) is 16.3 Å². The summed E-state index contributed by atoms with van der Waals surface area (Å²) >= 11 is 12.9. The number of benzene rings is 2. The van der Waals surface area contributed by atoms with Gasteiger partial charge in [0.2, 0.25) is 0 Å². The van der Waals surface area contributed by atoms with Crippen LogP contribution in [0.5, 0.6) is 5.75 Å². The van der Waals surface area contributed by atoms with Crippen molar-refractivity contribution in [3.8, 4) is 5.75 Å². The van der Waals surface area contributed by atoms with Crippen molar-refractivity contribution in [2.75, 3.05) is 7.11 Å². The average Bonchev–Trinajstić information content (AvgIpc) is 2.44. The Balaban J connectivity index is 2.22. The highest BCUT2D eigenvalue weighted by Gasteiger charge is 2.13. The summed E-state index contributed by atoms with van der Waals surface area (Å²) in [6.07, 6.45) is -0.139. The van der Waals surface area contributed by atoms with Gasteiger partial charge in [-0.3, -0.25) is 0 Å². The van der Waals surface area contributed by atoms with Gasteiger partial charge in [0, 0.05) is 15.4 Å². The Bertz CT molecular complexity index is 617. The summed E-state index contributed by atoms with van der Waals surface area (Å²) in [5.74, 6) is 0.768. The molecule has 0 spiro atoms. The first-order chi connectivity index (χ1) is 9.51. The van der Waals surface area contributed by atoms with Crippen molar-refractivity contribution in [3.63, 3.8) is 0 Å². The van der Waals surface area contributed by atoms with E-state index >= 15 is 0 Å². The van der Waals surface area contributed by atoms with Crippen molar-refractivity contribution >= 4 is 43.5 Å². The lowest BCUT2D eigenvalue weighted by molar-refractivity contribution is 0.178. The van der Waals surface area contributed by atoms with Crippen molar-refractivity contribution < 1.29 is 9.84 Å². The maximum Gasteiger partial charge on any atom is 0.119 e. The fourth-order valence-electron chi connectivity index (χ4n) is 1.88. The Labute approximate surface area is 140 Å². The normalized spacial score (nSPS) is 12.2. The van der Waals surface area contributed by atoms with Gasteiger partial charge in [-0.2, -0.15) is 0 Å². The van der Waals surface area contributed by atoms with Crippen LogP contribution in [0.15, 0.2) is 45.3 Å². The number of rotatable bonds is 4. The molecule has 0 aliphatic heterocycles. The molecule has 0 radical (unpaired) electrons. The molecule has 0 saturated carbocycles. The molecule has 0 fully saturated rings. The van der Waals surface area contributed by atoms with Gasteiger partial charge in [0.15, 0.2) is 0 Å². The second-order valence-electron chi connectivity index (χ2n) is 4.35. The van der Waals surface area contributed by atoms with E-state index in [1.807, 2.05) is 30.3 Å². The molecule has 0 amide bonds. The SMILES string of the molecule is COc1ccc(Br)c(CC(O)c2ccc(Br)c(Cl)c2)c1. The first-order valence-corrected chi connectivity index (χ1v) is 7.93. The highest BCUT2D eigenvalue weighted by Crippen LogP contribution is 2.30. The molecular weight excluding hydrogens is 407 g/mol. The fraction of sp³-hybridized carbons (Fsp3) is 0.200. The van der Waals surface area contributed by atoms with Crippen LogP contribution in [-0.4, -0.2) is 12.2 Å². The maximum atomic E-state index is 10.3. The van der Waals surface area contributed by atoms with E-state index in [1.54, 1.807) is 13.2 Å². The van der Waals surface area contributed by atoms with Crippen molar-refractivity contribution in [2.24, 2.45) is 0 Å². The number of aliphatic hydroxyl groups is 1. The van der Waals surface area contributed by atoms with Gasteiger partial charge in [-0.05, 0) is 57.4 Å².